The summed E-state index contributed by atoms with van der Waals surface area (Å²) in [7, 11) is -3.13. The molecule has 9 heteroatoms. The molecule has 140 valence electrons. The third kappa shape index (κ3) is 2.79. The molecule has 4 heterocycles. The number of carbonyl (C=O) groups excluding carboxylic acids is 1. The van der Waals surface area contributed by atoms with Crippen LogP contribution in [-0.2, 0) is 9.84 Å². The molecule has 0 saturated carbocycles. The number of fused-ring (bicyclic) bond motifs is 2. The number of likely N-dealkylation sites (N-methyl/N-ethyl adjacent to an activating group) is 1. The van der Waals surface area contributed by atoms with Crippen LogP contribution in [0.2, 0.25) is 0 Å². The fraction of sp³-hybridized carbons (Fsp3) is 0.588. The second-order valence-electron chi connectivity index (χ2n) is 7.18. The van der Waals surface area contributed by atoms with Gasteiger partial charge in [0, 0.05) is 36.6 Å². The molecule has 2 saturated heterocycles. The first-order valence-corrected chi connectivity index (χ1v) is 10.7. The molecule has 8 nitrogen and oxygen atoms in total. The highest BCUT2D eigenvalue weighted by Gasteiger charge is 2.48. The summed E-state index contributed by atoms with van der Waals surface area (Å²) in [6, 6.07) is 3.17. The summed E-state index contributed by atoms with van der Waals surface area (Å²) in [5.41, 5.74) is 2.73. The Morgan fingerprint density at radius 2 is 1.92 bits per heavy atom. The number of piperazine rings is 1. The van der Waals surface area contributed by atoms with Crippen molar-refractivity contribution in [2.75, 3.05) is 31.1 Å². The molecule has 2 atom stereocenters. The van der Waals surface area contributed by atoms with Crippen molar-refractivity contribution in [3.63, 3.8) is 0 Å². The molecule has 1 amide bonds. The molecule has 0 spiro atoms. The van der Waals surface area contributed by atoms with Crippen molar-refractivity contribution in [1.82, 2.24) is 24.4 Å². The minimum atomic E-state index is -3.13. The normalized spacial score (nSPS) is 25.6. The van der Waals surface area contributed by atoms with Crippen molar-refractivity contribution in [2.45, 2.75) is 32.9 Å². The van der Waals surface area contributed by atoms with Crippen LogP contribution >= 0.6 is 0 Å². The number of carbonyl (C=O) groups is 1. The molecule has 2 aromatic heterocycles. The quantitative estimate of drug-likeness (QED) is 0.748. The lowest BCUT2D eigenvalue weighted by molar-refractivity contribution is 0.0344. The van der Waals surface area contributed by atoms with Crippen LogP contribution in [-0.4, -0.2) is 81.9 Å². The molecule has 0 N–H and O–H groups in total. The number of amides is 1. The number of hydrogen-bond donors (Lipinski definition) is 0. The maximum Gasteiger partial charge on any atom is 0.274 e. The average molecular weight is 377 g/mol. The monoisotopic (exact) mass is 377 g/mol. The van der Waals surface area contributed by atoms with E-state index in [1.165, 1.54) is 0 Å². The summed E-state index contributed by atoms with van der Waals surface area (Å²) < 4.78 is 26.0. The third-order valence-corrected chi connectivity index (χ3v) is 7.11. The highest BCUT2D eigenvalue weighted by atomic mass is 32.2. The third-order valence-electron chi connectivity index (χ3n) is 5.41. The van der Waals surface area contributed by atoms with Gasteiger partial charge in [0.15, 0.2) is 21.2 Å². The number of sulfone groups is 1. The van der Waals surface area contributed by atoms with Crippen molar-refractivity contribution in [3.8, 4) is 0 Å². The maximum atomic E-state index is 13.1. The van der Waals surface area contributed by atoms with Gasteiger partial charge in [-0.2, -0.15) is 5.10 Å². The molecule has 26 heavy (non-hydrogen) atoms. The van der Waals surface area contributed by atoms with Crippen LogP contribution in [0.3, 0.4) is 0 Å². The zero-order chi connectivity index (χ0) is 18.6. The minimum absolute atomic E-state index is 0.0314. The van der Waals surface area contributed by atoms with Gasteiger partial charge < -0.3 is 4.90 Å². The largest absolute Gasteiger partial charge is 0.330 e. The Hall–Kier alpha value is -2.00. The molecule has 0 aliphatic carbocycles. The second kappa shape index (κ2) is 6.02. The Balaban J connectivity index is 1.69. The van der Waals surface area contributed by atoms with Gasteiger partial charge >= 0.3 is 0 Å². The standard InChI is InChI=1S/C17H23N5O3S/c1-4-20-5-6-21(15-10-26(24,25)9-14(15)20)17(23)13-8-16-18-11(2)7-12(3)22(16)19-13/h7-8,14-15H,4-6,9-10H2,1-3H3/t14-,15+/m1/s1. The predicted octanol–water partition coefficient (Wildman–Crippen LogP) is 0.289. The Morgan fingerprint density at radius 3 is 2.65 bits per heavy atom. The van der Waals surface area contributed by atoms with Gasteiger partial charge in [0.2, 0.25) is 0 Å². The topological polar surface area (TPSA) is 87.9 Å². The van der Waals surface area contributed by atoms with Gasteiger partial charge in [0.1, 0.15) is 0 Å². The molecule has 0 aromatic carbocycles. The first kappa shape index (κ1) is 17.4. The van der Waals surface area contributed by atoms with Crippen molar-refractivity contribution in [3.05, 3.63) is 29.2 Å². The lowest BCUT2D eigenvalue weighted by atomic mass is 10.0. The predicted molar refractivity (Wildman–Crippen MR) is 97.0 cm³/mol. The number of aryl methyl sites for hydroxylation is 2. The van der Waals surface area contributed by atoms with Gasteiger partial charge in [-0.05, 0) is 26.5 Å². The second-order valence-corrected chi connectivity index (χ2v) is 9.33. The summed E-state index contributed by atoms with van der Waals surface area (Å²) in [4.78, 5) is 21.4. The average Bonchev–Trinajstić information content (AvgIpc) is 3.13. The molecule has 4 rings (SSSR count). The van der Waals surface area contributed by atoms with E-state index in [1.807, 2.05) is 26.8 Å². The van der Waals surface area contributed by atoms with Crippen LogP contribution in [0.4, 0.5) is 0 Å². The van der Waals surface area contributed by atoms with E-state index in [4.69, 9.17) is 0 Å². The molecule has 0 radical (unpaired) electrons. The number of rotatable bonds is 2. The van der Waals surface area contributed by atoms with Crippen LogP contribution in [0, 0.1) is 13.8 Å². The van der Waals surface area contributed by atoms with Crippen LogP contribution in [0.5, 0.6) is 0 Å². The van der Waals surface area contributed by atoms with E-state index in [9.17, 15) is 13.2 Å². The lowest BCUT2D eigenvalue weighted by Gasteiger charge is -2.43. The first-order chi connectivity index (χ1) is 12.3. The molecular formula is C17H23N5O3S. The van der Waals surface area contributed by atoms with Crippen molar-refractivity contribution in [1.29, 1.82) is 0 Å². The van der Waals surface area contributed by atoms with E-state index < -0.39 is 9.84 Å². The van der Waals surface area contributed by atoms with E-state index in [0.29, 0.717) is 24.4 Å². The Morgan fingerprint density at radius 1 is 1.19 bits per heavy atom. The number of aromatic nitrogens is 3. The summed E-state index contributed by atoms with van der Waals surface area (Å²) in [5.74, 6) is -0.0559. The van der Waals surface area contributed by atoms with E-state index in [-0.39, 0.29) is 29.5 Å². The van der Waals surface area contributed by atoms with Gasteiger partial charge in [-0.15, -0.1) is 0 Å². The molecule has 2 aliphatic rings. The van der Waals surface area contributed by atoms with Crippen molar-refractivity contribution in [2.24, 2.45) is 0 Å². The van der Waals surface area contributed by atoms with Crippen LogP contribution < -0.4 is 0 Å². The van der Waals surface area contributed by atoms with Crippen LogP contribution in [0.15, 0.2) is 12.1 Å². The Kier molecular flexibility index (Phi) is 4.03. The summed E-state index contributed by atoms with van der Waals surface area (Å²) in [5, 5.41) is 4.42. The SMILES string of the molecule is CCN1CCN(C(=O)c2cc3nc(C)cc(C)n3n2)[C@H]2CS(=O)(=O)C[C@H]21. The molecule has 2 aliphatic heterocycles. The van der Waals surface area contributed by atoms with Crippen LogP contribution in [0.1, 0.15) is 28.8 Å². The number of nitrogens with zero attached hydrogens (tertiary/aromatic N) is 5. The van der Waals surface area contributed by atoms with Gasteiger partial charge in [0.25, 0.3) is 5.91 Å². The minimum Gasteiger partial charge on any atom is -0.330 e. The van der Waals surface area contributed by atoms with Gasteiger partial charge in [0.05, 0.1) is 17.5 Å². The zero-order valence-corrected chi connectivity index (χ0v) is 16.0. The van der Waals surface area contributed by atoms with E-state index in [0.717, 1.165) is 17.9 Å². The summed E-state index contributed by atoms with van der Waals surface area (Å²) in [6.07, 6.45) is 0. The van der Waals surface area contributed by atoms with Crippen molar-refractivity contribution >= 4 is 21.4 Å². The highest BCUT2D eigenvalue weighted by Crippen LogP contribution is 2.28. The first-order valence-electron chi connectivity index (χ1n) is 8.88. The van der Waals surface area contributed by atoms with Gasteiger partial charge in [-0.3, -0.25) is 9.69 Å². The summed E-state index contributed by atoms with van der Waals surface area (Å²) in [6.45, 7) is 7.83. The van der Waals surface area contributed by atoms with Crippen molar-refractivity contribution < 1.29 is 13.2 Å². The zero-order valence-electron chi connectivity index (χ0n) is 15.2. The Labute approximate surface area is 152 Å². The molecule has 0 bridgehead atoms. The van der Waals surface area contributed by atoms with Gasteiger partial charge in [-0.1, -0.05) is 6.92 Å². The Bertz CT molecular complexity index is 984. The van der Waals surface area contributed by atoms with Gasteiger partial charge in [-0.25, -0.2) is 17.9 Å². The molecule has 2 fully saturated rings. The lowest BCUT2D eigenvalue weighted by Crippen LogP contribution is -2.60. The van der Waals surface area contributed by atoms with E-state index in [1.54, 1.807) is 15.5 Å². The number of hydrogen-bond acceptors (Lipinski definition) is 6. The molecule has 2 aromatic rings. The fourth-order valence-corrected chi connectivity index (χ4v) is 6.22. The smallest absolute Gasteiger partial charge is 0.274 e. The van der Waals surface area contributed by atoms with E-state index >= 15 is 0 Å². The van der Waals surface area contributed by atoms with E-state index in [2.05, 4.69) is 15.0 Å². The van der Waals surface area contributed by atoms with Crippen LogP contribution in [0.25, 0.3) is 5.65 Å². The summed E-state index contributed by atoms with van der Waals surface area (Å²) >= 11 is 0. The maximum absolute atomic E-state index is 13.1. The molecular weight excluding hydrogens is 354 g/mol. The highest BCUT2D eigenvalue weighted by molar-refractivity contribution is 7.91. The fourth-order valence-electron chi connectivity index (χ4n) is 4.21. The molecule has 0 unspecified atom stereocenters.